The number of aromatic nitrogens is 3. The van der Waals surface area contributed by atoms with Gasteiger partial charge in [0.1, 0.15) is 17.6 Å². The molecule has 6 N–H and O–H groups in total. The van der Waals surface area contributed by atoms with E-state index in [1.165, 1.54) is 55.8 Å². The van der Waals surface area contributed by atoms with Crippen molar-refractivity contribution in [2.75, 3.05) is 7.11 Å². The van der Waals surface area contributed by atoms with Gasteiger partial charge in [0.05, 0.1) is 23.9 Å². The fourth-order valence-electron chi connectivity index (χ4n) is 3.30. The van der Waals surface area contributed by atoms with Gasteiger partial charge in [-0.2, -0.15) is 5.10 Å². The van der Waals surface area contributed by atoms with Gasteiger partial charge < -0.3 is 26.6 Å². The van der Waals surface area contributed by atoms with Gasteiger partial charge in [0.25, 0.3) is 5.91 Å². The van der Waals surface area contributed by atoms with Crippen LogP contribution in [-0.4, -0.2) is 50.6 Å². The number of aromatic carboxylic acids is 1. The molecule has 40 heavy (non-hydrogen) atoms. The van der Waals surface area contributed by atoms with E-state index in [1.807, 2.05) is 0 Å². The number of rotatable bonds is 7. The molecule has 0 fully saturated rings. The summed E-state index contributed by atoms with van der Waals surface area (Å²) in [4.78, 5) is 51.5. The Balaban J connectivity index is 0.000000431. The Kier molecular flexibility index (Phi) is 10.8. The van der Waals surface area contributed by atoms with Crippen LogP contribution in [0.3, 0.4) is 0 Å². The maximum absolute atomic E-state index is 12.6. The Bertz CT molecular complexity index is 1540. The van der Waals surface area contributed by atoms with Crippen LogP contribution >= 0.6 is 11.6 Å². The minimum atomic E-state index is -1.31. The van der Waals surface area contributed by atoms with E-state index in [-0.39, 0.29) is 35.0 Å². The summed E-state index contributed by atoms with van der Waals surface area (Å²) in [5.74, 6) is -3.93. The molecule has 1 atom stereocenters. The molecule has 2 amide bonds. The Morgan fingerprint density at radius 1 is 1.12 bits per heavy atom. The van der Waals surface area contributed by atoms with E-state index >= 15 is 0 Å². The minimum Gasteiger partial charge on any atom is -0.477 e. The van der Waals surface area contributed by atoms with Crippen LogP contribution in [0.25, 0.3) is 5.65 Å². The Morgan fingerprint density at radius 3 is 2.35 bits per heavy atom. The van der Waals surface area contributed by atoms with E-state index in [1.54, 1.807) is 6.07 Å². The summed E-state index contributed by atoms with van der Waals surface area (Å²) < 4.78 is 18.1. The van der Waals surface area contributed by atoms with Crippen molar-refractivity contribution in [1.29, 1.82) is 0 Å². The zero-order valence-electron chi connectivity index (χ0n) is 20.3. The fraction of sp³-hybridized carbons (Fsp3) is 0.154. The Morgan fingerprint density at radius 2 is 1.80 bits per heavy atom. The molecule has 0 radical (unpaired) electrons. The zero-order valence-corrected chi connectivity index (χ0v) is 21.1. The SMILES string of the molecule is C.COC(=O)c1ccc([C@@H](NC(=O)c2cc(C(=O)O)n3nccc3n2)C(N)=O)cc1.NCc1ccc(F)c(Cl)c1. The Hall–Kier alpha value is -4.88. The molecule has 0 saturated carbocycles. The molecule has 0 aliphatic heterocycles. The summed E-state index contributed by atoms with van der Waals surface area (Å²) in [6.45, 7) is 0.389. The topological polar surface area (TPSA) is 192 Å². The summed E-state index contributed by atoms with van der Waals surface area (Å²) in [6.07, 6.45) is 1.34. The predicted octanol–water partition coefficient (Wildman–Crippen LogP) is 2.74. The average molecular weight is 573 g/mol. The first-order chi connectivity index (χ1) is 18.5. The summed E-state index contributed by atoms with van der Waals surface area (Å²) in [5.41, 5.74) is 11.7. The molecule has 2 aromatic heterocycles. The monoisotopic (exact) mass is 572 g/mol. The van der Waals surface area contributed by atoms with E-state index in [9.17, 15) is 28.7 Å². The van der Waals surface area contributed by atoms with Crippen LogP contribution in [0.1, 0.15) is 55.9 Å². The van der Waals surface area contributed by atoms with Crippen LogP contribution < -0.4 is 16.8 Å². The number of primary amides is 1. The molecule has 2 aromatic carbocycles. The molecule has 0 unspecified atom stereocenters. The lowest BCUT2D eigenvalue weighted by atomic mass is 10.0. The molecule has 210 valence electrons. The highest BCUT2D eigenvalue weighted by atomic mass is 35.5. The number of nitrogens with zero attached hydrogens (tertiary/aromatic N) is 3. The number of hydrogen-bond donors (Lipinski definition) is 4. The number of carboxylic acids is 1. The molecule has 0 aliphatic rings. The standard InChI is InChI=1S/C18H15N5O6.C7H7ClFN.CH4/c1-29-18(28)10-4-2-9(3-5-10)14(15(19)24)22-16(25)11-8-12(17(26)27)23-13(21-11)6-7-20-23;8-6-3-5(4-10)1-2-7(6)9;/h2-8,14H,1H3,(H2,19,24)(H,22,25)(H,26,27);1-3H,4,10H2;1H4/t14-;;/m1../s1. The highest BCUT2D eigenvalue weighted by Gasteiger charge is 2.24. The number of benzene rings is 2. The summed E-state index contributed by atoms with van der Waals surface area (Å²) >= 11 is 5.46. The van der Waals surface area contributed by atoms with Crippen LogP contribution in [0.2, 0.25) is 5.02 Å². The number of amides is 2. The first-order valence-corrected chi connectivity index (χ1v) is 11.4. The van der Waals surface area contributed by atoms with Gasteiger partial charge in [-0.15, -0.1) is 0 Å². The first-order valence-electron chi connectivity index (χ1n) is 11.1. The third kappa shape index (κ3) is 7.36. The van der Waals surface area contributed by atoms with Crippen molar-refractivity contribution in [2.24, 2.45) is 11.5 Å². The van der Waals surface area contributed by atoms with Crippen molar-refractivity contribution in [3.63, 3.8) is 0 Å². The van der Waals surface area contributed by atoms with Gasteiger partial charge in [-0.3, -0.25) is 9.59 Å². The molecule has 4 aromatic rings. The van der Waals surface area contributed by atoms with Gasteiger partial charge >= 0.3 is 11.9 Å². The van der Waals surface area contributed by atoms with Gasteiger partial charge in [-0.1, -0.05) is 37.2 Å². The lowest BCUT2D eigenvalue weighted by molar-refractivity contribution is -0.120. The van der Waals surface area contributed by atoms with Crippen LogP contribution in [0.15, 0.2) is 60.8 Å². The van der Waals surface area contributed by atoms with Crippen molar-refractivity contribution in [3.8, 4) is 0 Å². The number of halogens is 2. The fourth-order valence-corrected chi connectivity index (χ4v) is 3.50. The van der Waals surface area contributed by atoms with E-state index in [2.05, 4.69) is 20.1 Å². The molecule has 0 bridgehead atoms. The smallest absolute Gasteiger partial charge is 0.354 e. The third-order valence-electron chi connectivity index (χ3n) is 5.26. The molecule has 0 aliphatic carbocycles. The quantitative estimate of drug-likeness (QED) is 0.241. The van der Waals surface area contributed by atoms with Crippen LogP contribution in [0.5, 0.6) is 0 Å². The molecular formula is C26H26ClFN6O6. The summed E-state index contributed by atoms with van der Waals surface area (Å²) in [5, 5.41) is 15.7. The van der Waals surface area contributed by atoms with Crippen LogP contribution in [0.4, 0.5) is 4.39 Å². The number of carboxylic acid groups (broad SMARTS) is 1. The maximum atomic E-state index is 12.6. The number of hydrogen-bond acceptors (Lipinski definition) is 8. The minimum absolute atomic E-state index is 0. The summed E-state index contributed by atoms with van der Waals surface area (Å²) in [7, 11) is 1.23. The number of methoxy groups -OCH3 is 1. The zero-order chi connectivity index (χ0) is 28.7. The number of carbonyl (C=O) groups is 4. The molecule has 2 heterocycles. The number of nitrogens with one attached hydrogen (secondary N) is 1. The van der Waals surface area contributed by atoms with Crippen molar-refractivity contribution in [2.45, 2.75) is 20.0 Å². The average Bonchev–Trinajstić information content (AvgIpc) is 3.41. The summed E-state index contributed by atoms with van der Waals surface area (Å²) in [6, 6.07) is 11.4. The largest absolute Gasteiger partial charge is 0.477 e. The first kappa shape index (κ1) is 31.3. The number of nitrogens with two attached hydrogens (primary N) is 2. The number of esters is 1. The van der Waals surface area contributed by atoms with Crippen molar-refractivity contribution >= 4 is 41.0 Å². The third-order valence-corrected chi connectivity index (χ3v) is 5.55. The van der Waals surface area contributed by atoms with Crippen molar-refractivity contribution in [1.82, 2.24) is 19.9 Å². The van der Waals surface area contributed by atoms with Gasteiger partial charge in [-0.25, -0.2) is 23.5 Å². The van der Waals surface area contributed by atoms with E-state index in [0.717, 1.165) is 16.1 Å². The second-order valence-corrected chi connectivity index (χ2v) is 8.22. The number of fused-ring (bicyclic) bond motifs is 1. The lowest BCUT2D eigenvalue weighted by Gasteiger charge is -2.16. The van der Waals surface area contributed by atoms with Crippen LogP contribution in [0, 0.1) is 5.82 Å². The van der Waals surface area contributed by atoms with Crippen molar-refractivity contribution < 1.29 is 33.4 Å². The molecular weight excluding hydrogens is 547 g/mol. The molecule has 4 rings (SSSR count). The van der Waals surface area contributed by atoms with E-state index in [4.69, 9.17) is 23.1 Å². The maximum Gasteiger partial charge on any atom is 0.354 e. The number of ether oxygens (including phenoxy) is 1. The second kappa shape index (κ2) is 13.8. The molecule has 12 nitrogen and oxygen atoms in total. The van der Waals surface area contributed by atoms with Gasteiger partial charge in [0.2, 0.25) is 5.91 Å². The molecule has 14 heteroatoms. The van der Waals surface area contributed by atoms with Crippen molar-refractivity contribution in [3.05, 3.63) is 99.7 Å². The van der Waals surface area contributed by atoms with E-state index < -0.39 is 35.6 Å². The highest BCUT2D eigenvalue weighted by molar-refractivity contribution is 6.30. The lowest BCUT2D eigenvalue weighted by Crippen LogP contribution is -2.38. The second-order valence-electron chi connectivity index (χ2n) is 7.81. The Labute approximate surface area is 232 Å². The predicted molar refractivity (Wildman–Crippen MR) is 143 cm³/mol. The van der Waals surface area contributed by atoms with Gasteiger partial charge in [0, 0.05) is 18.7 Å². The molecule has 0 spiro atoms. The number of carbonyl (C=O) groups excluding carboxylic acids is 3. The van der Waals surface area contributed by atoms with Gasteiger partial charge in [0.15, 0.2) is 11.3 Å². The molecule has 0 saturated heterocycles. The normalized spacial score (nSPS) is 10.9. The van der Waals surface area contributed by atoms with E-state index in [0.29, 0.717) is 12.1 Å². The van der Waals surface area contributed by atoms with Gasteiger partial charge in [-0.05, 0) is 35.4 Å². The highest BCUT2D eigenvalue weighted by Crippen LogP contribution is 2.17. The van der Waals surface area contributed by atoms with Crippen LogP contribution in [-0.2, 0) is 16.1 Å².